The summed E-state index contributed by atoms with van der Waals surface area (Å²) in [6.07, 6.45) is 12.4. The monoisotopic (exact) mass is 471 g/mol. The van der Waals surface area contributed by atoms with Crippen molar-refractivity contribution in [1.29, 1.82) is 0 Å². The summed E-state index contributed by atoms with van der Waals surface area (Å²) in [5.41, 5.74) is -1.21. The first-order valence-corrected chi connectivity index (χ1v) is 12.8. The number of carbonyl (C=O) groups is 3. The lowest BCUT2D eigenvalue weighted by molar-refractivity contribution is -0.153. The maximum Gasteiger partial charge on any atom is 0.249 e. The molecule has 0 bridgehead atoms. The van der Waals surface area contributed by atoms with E-state index in [9.17, 15) is 19.5 Å². The van der Waals surface area contributed by atoms with Crippen LogP contribution in [0.2, 0.25) is 0 Å². The van der Waals surface area contributed by atoms with Crippen LogP contribution in [0.3, 0.4) is 0 Å². The van der Waals surface area contributed by atoms with Crippen LogP contribution >= 0.6 is 0 Å². The Morgan fingerprint density at radius 1 is 1.06 bits per heavy atom. The van der Waals surface area contributed by atoms with E-state index in [1.807, 2.05) is 43.1 Å². The van der Waals surface area contributed by atoms with Gasteiger partial charge in [-0.3, -0.25) is 14.4 Å². The van der Waals surface area contributed by atoms with Crippen molar-refractivity contribution in [2.75, 3.05) is 26.7 Å². The summed E-state index contributed by atoms with van der Waals surface area (Å²) in [6.45, 7) is 4.59. The largest absolute Gasteiger partial charge is 0.394 e. The topological polar surface area (TPSA) is 90.4 Å². The van der Waals surface area contributed by atoms with Gasteiger partial charge < -0.3 is 24.5 Å². The van der Waals surface area contributed by atoms with Gasteiger partial charge in [0.05, 0.1) is 30.6 Å². The maximum absolute atomic E-state index is 14.3. The van der Waals surface area contributed by atoms with Crippen molar-refractivity contribution in [2.45, 2.75) is 75.8 Å². The molecular weight excluding hydrogens is 434 g/mol. The minimum atomic E-state index is -1.21. The number of nitrogens with zero attached hydrogens (tertiary/aromatic N) is 3. The Hall–Kier alpha value is -2.19. The highest BCUT2D eigenvalue weighted by Crippen LogP contribution is 2.54. The fourth-order valence-electron chi connectivity index (χ4n) is 6.92. The molecule has 0 aromatic carbocycles. The molecule has 0 aromatic heterocycles. The summed E-state index contributed by atoms with van der Waals surface area (Å²) >= 11 is 0. The van der Waals surface area contributed by atoms with E-state index >= 15 is 0 Å². The van der Waals surface area contributed by atoms with Gasteiger partial charge in [-0.2, -0.15) is 0 Å². The van der Waals surface area contributed by atoms with Crippen LogP contribution in [0, 0.1) is 17.8 Å². The van der Waals surface area contributed by atoms with Gasteiger partial charge in [0.1, 0.15) is 11.6 Å². The lowest BCUT2D eigenvalue weighted by Crippen LogP contribution is -2.60. The van der Waals surface area contributed by atoms with Crippen LogP contribution in [0.5, 0.6) is 0 Å². The number of likely N-dealkylation sites (N-methyl/N-ethyl adjacent to an activating group) is 1. The van der Waals surface area contributed by atoms with Gasteiger partial charge in [0.15, 0.2) is 0 Å². The number of hydrogen-bond donors (Lipinski definition) is 1. The minimum Gasteiger partial charge on any atom is -0.394 e. The third-order valence-corrected chi connectivity index (χ3v) is 8.66. The third kappa shape index (κ3) is 3.36. The minimum absolute atomic E-state index is 0.0591. The maximum atomic E-state index is 14.3. The van der Waals surface area contributed by atoms with Crippen molar-refractivity contribution in [3.63, 3.8) is 0 Å². The molecule has 0 radical (unpaired) electrons. The molecule has 34 heavy (non-hydrogen) atoms. The Bertz CT molecular complexity index is 910. The molecule has 4 heterocycles. The fourth-order valence-corrected chi connectivity index (χ4v) is 6.92. The average molecular weight is 472 g/mol. The number of amides is 3. The van der Waals surface area contributed by atoms with E-state index in [1.165, 1.54) is 6.42 Å². The number of likely N-dealkylation sites (tertiary alicyclic amines) is 1. The van der Waals surface area contributed by atoms with Crippen molar-refractivity contribution in [3.8, 4) is 0 Å². The standard InChI is InChI=1S/C26H37N3O5/c1-16(2)18(15-30)29-22-25(33)28(17-9-5-4-6-10-17)14-8-12-26(22)21(24(29)32)20-19(34-26)11-7-13-27(3)23(20)31/h7-8,11-12,16-22,30H,4-6,9-10,13-15H2,1-3H3/t18-,19-,20+,21-,22?,26-/m0/s1. The summed E-state index contributed by atoms with van der Waals surface area (Å²) in [5, 5.41) is 10.3. The quantitative estimate of drug-likeness (QED) is 0.625. The second-order valence-electron chi connectivity index (χ2n) is 10.9. The van der Waals surface area contributed by atoms with Gasteiger partial charge in [0.2, 0.25) is 17.7 Å². The molecule has 1 unspecified atom stereocenters. The Morgan fingerprint density at radius 3 is 2.47 bits per heavy atom. The zero-order valence-electron chi connectivity index (χ0n) is 20.4. The lowest BCUT2D eigenvalue weighted by Gasteiger charge is -2.42. The van der Waals surface area contributed by atoms with E-state index in [-0.39, 0.29) is 36.3 Å². The molecule has 3 amide bonds. The van der Waals surface area contributed by atoms with Crippen molar-refractivity contribution in [2.24, 2.45) is 17.8 Å². The van der Waals surface area contributed by atoms with E-state index in [0.29, 0.717) is 13.1 Å². The number of aliphatic hydroxyl groups excluding tert-OH is 1. The van der Waals surface area contributed by atoms with Gasteiger partial charge in [-0.15, -0.1) is 0 Å². The van der Waals surface area contributed by atoms with Crippen LogP contribution in [-0.4, -0.2) is 94.1 Å². The number of hydrogen-bond acceptors (Lipinski definition) is 5. The number of aliphatic hydroxyl groups is 1. The zero-order chi connectivity index (χ0) is 24.2. The highest BCUT2D eigenvalue weighted by molar-refractivity contribution is 6.00. The number of rotatable bonds is 4. The number of ether oxygens (including phenoxy) is 1. The molecule has 1 spiro atoms. The van der Waals surface area contributed by atoms with E-state index in [0.717, 1.165) is 25.7 Å². The van der Waals surface area contributed by atoms with E-state index in [4.69, 9.17) is 4.74 Å². The van der Waals surface area contributed by atoms with Gasteiger partial charge in [0.25, 0.3) is 0 Å². The van der Waals surface area contributed by atoms with E-state index in [2.05, 4.69) is 0 Å². The Morgan fingerprint density at radius 2 is 1.79 bits per heavy atom. The van der Waals surface area contributed by atoms with Crippen LogP contribution in [0.4, 0.5) is 0 Å². The molecule has 3 fully saturated rings. The van der Waals surface area contributed by atoms with Crippen LogP contribution in [-0.2, 0) is 19.1 Å². The smallest absolute Gasteiger partial charge is 0.249 e. The molecular formula is C26H37N3O5. The fraction of sp³-hybridized carbons (Fsp3) is 0.731. The molecule has 8 nitrogen and oxygen atoms in total. The second kappa shape index (κ2) is 8.79. The van der Waals surface area contributed by atoms with Crippen molar-refractivity contribution in [3.05, 3.63) is 24.3 Å². The van der Waals surface area contributed by atoms with Crippen molar-refractivity contribution in [1.82, 2.24) is 14.7 Å². The Balaban J connectivity index is 1.62. The third-order valence-electron chi connectivity index (χ3n) is 8.66. The normalized spacial score (nSPS) is 37.1. The Kier molecular flexibility index (Phi) is 6.09. The van der Waals surface area contributed by atoms with Gasteiger partial charge in [-0.1, -0.05) is 57.4 Å². The number of fused-ring (bicyclic) bond motifs is 2. The van der Waals surface area contributed by atoms with Gasteiger partial charge in [0, 0.05) is 26.2 Å². The highest BCUT2D eigenvalue weighted by Gasteiger charge is 2.72. The molecule has 1 saturated carbocycles. The van der Waals surface area contributed by atoms with Gasteiger partial charge in [-0.25, -0.2) is 0 Å². The lowest BCUT2D eigenvalue weighted by atomic mass is 9.77. The molecule has 186 valence electrons. The molecule has 5 rings (SSSR count). The molecule has 1 N–H and O–H groups in total. The van der Waals surface area contributed by atoms with Crippen LogP contribution in [0.15, 0.2) is 24.3 Å². The average Bonchev–Trinajstić information content (AvgIpc) is 3.14. The van der Waals surface area contributed by atoms with Crippen LogP contribution < -0.4 is 0 Å². The van der Waals surface area contributed by atoms with Crippen LogP contribution in [0.25, 0.3) is 0 Å². The first kappa shape index (κ1) is 23.5. The summed E-state index contributed by atoms with van der Waals surface area (Å²) in [4.78, 5) is 47.0. The summed E-state index contributed by atoms with van der Waals surface area (Å²) in [5.74, 6) is -2.05. The number of carbonyl (C=O) groups excluding carboxylic acids is 3. The predicted molar refractivity (Wildman–Crippen MR) is 125 cm³/mol. The molecule has 5 aliphatic rings. The van der Waals surface area contributed by atoms with Crippen LogP contribution in [0.1, 0.15) is 46.0 Å². The molecule has 4 aliphatic heterocycles. The van der Waals surface area contributed by atoms with Gasteiger partial charge in [-0.05, 0) is 18.8 Å². The Labute approximate surface area is 201 Å². The van der Waals surface area contributed by atoms with E-state index in [1.54, 1.807) is 16.8 Å². The summed E-state index contributed by atoms with van der Waals surface area (Å²) in [6, 6.07) is -1.27. The second-order valence-corrected chi connectivity index (χ2v) is 10.9. The molecule has 0 aromatic rings. The SMILES string of the molecule is CC(C)[C@H](CO)N1C(=O)[C@@H]2[C@@H]3C(=O)N(C)CC=C[C@@H]3O[C@@]23C=CCN(C2CCCCC2)C(=O)C13. The molecule has 8 heteroatoms. The zero-order valence-corrected chi connectivity index (χ0v) is 20.4. The summed E-state index contributed by atoms with van der Waals surface area (Å²) in [7, 11) is 1.73. The van der Waals surface area contributed by atoms with E-state index < -0.39 is 35.6 Å². The predicted octanol–water partition coefficient (Wildman–Crippen LogP) is 1.34. The molecule has 6 atom stereocenters. The van der Waals surface area contributed by atoms with Crippen molar-refractivity contribution < 1.29 is 24.2 Å². The highest BCUT2D eigenvalue weighted by atomic mass is 16.5. The van der Waals surface area contributed by atoms with Gasteiger partial charge >= 0.3 is 0 Å². The first-order valence-electron chi connectivity index (χ1n) is 12.8. The molecule has 1 aliphatic carbocycles. The summed E-state index contributed by atoms with van der Waals surface area (Å²) < 4.78 is 6.63. The van der Waals surface area contributed by atoms with Crippen molar-refractivity contribution >= 4 is 17.7 Å². The molecule has 2 saturated heterocycles. The first-order chi connectivity index (χ1) is 16.3.